The van der Waals surface area contributed by atoms with Gasteiger partial charge in [-0.25, -0.2) is 8.78 Å². The molecule has 23 heavy (non-hydrogen) atoms. The van der Waals surface area contributed by atoms with Crippen molar-refractivity contribution >= 4 is 29.0 Å². The summed E-state index contributed by atoms with van der Waals surface area (Å²) in [6.45, 7) is 1.55. The van der Waals surface area contributed by atoms with E-state index in [9.17, 15) is 23.7 Å². The Balaban J connectivity index is 2.02. The molecule has 0 radical (unpaired) electrons. The Hall–Kier alpha value is -2.48. The molecule has 1 N–H and O–H groups in total. The number of nitrogens with one attached hydrogen (secondary N) is 1. The van der Waals surface area contributed by atoms with E-state index in [1.807, 2.05) is 0 Å². The largest absolute Gasteiger partial charge is 0.325 e. The van der Waals surface area contributed by atoms with E-state index in [-0.39, 0.29) is 10.6 Å². The van der Waals surface area contributed by atoms with Crippen molar-refractivity contribution in [2.45, 2.75) is 17.1 Å². The monoisotopic (exact) mass is 338 g/mol. The number of carbonyl (C=O) groups is 1. The molecule has 0 bridgehead atoms. The number of anilines is 1. The lowest BCUT2D eigenvalue weighted by Gasteiger charge is -2.12. The standard InChI is InChI=1S/C15H12F2N2O3S/c1-9(23-14-8-10(16)2-7-13(14)17)15(20)18-11-3-5-12(6-4-11)19(21)22/h2-9H,1H3,(H,18,20). The van der Waals surface area contributed by atoms with E-state index >= 15 is 0 Å². The number of amides is 1. The molecule has 0 heterocycles. The minimum atomic E-state index is -0.679. The zero-order chi connectivity index (χ0) is 17.0. The summed E-state index contributed by atoms with van der Waals surface area (Å²) in [5.41, 5.74) is 0.292. The zero-order valence-electron chi connectivity index (χ0n) is 12.0. The fourth-order valence-corrected chi connectivity index (χ4v) is 2.63. The minimum absolute atomic E-state index is 0.0383. The van der Waals surface area contributed by atoms with Gasteiger partial charge in [0.05, 0.1) is 10.2 Å². The molecule has 8 heteroatoms. The Morgan fingerprint density at radius 2 is 1.87 bits per heavy atom. The lowest BCUT2D eigenvalue weighted by atomic mass is 10.3. The molecule has 0 fully saturated rings. The molecule has 0 spiro atoms. The molecular weight excluding hydrogens is 326 g/mol. The van der Waals surface area contributed by atoms with E-state index in [2.05, 4.69) is 5.32 Å². The number of benzene rings is 2. The van der Waals surface area contributed by atoms with Crippen molar-refractivity contribution in [3.8, 4) is 0 Å². The van der Waals surface area contributed by atoms with Gasteiger partial charge < -0.3 is 5.32 Å². The van der Waals surface area contributed by atoms with Crippen molar-refractivity contribution in [1.29, 1.82) is 0 Å². The molecule has 1 atom stereocenters. The van der Waals surface area contributed by atoms with Gasteiger partial charge in [-0.15, -0.1) is 11.8 Å². The number of thioether (sulfide) groups is 1. The maximum Gasteiger partial charge on any atom is 0.269 e. The van der Waals surface area contributed by atoms with Gasteiger partial charge in [0.15, 0.2) is 0 Å². The van der Waals surface area contributed by atoms with Crippen LogP contribution in [0.5, 0.6) is 0 Å². The van der Waals surface area contributed by atoms with Crippen LogP contribution >= 0.6 is 11.8 Å². The highest BCUT2D eigenvalue weighted by molar-refractivity contribution is 8.00. The normalized spacial score (nSPS) is 11.8. The number of hydrogen-bond acceptors (Lipinski definition) is 4. The molecule has 0 aliphatic rings. The summed E-state index contributed by atoms with van der Waals surface area (Å²) in [5.74, 6) is -1.62. The first-order valence-corrected chi connectivity index (χ1v) is 7.42. The average Bonchev–Trinajstić information content (AvgIpc) is 2.51. The molecule has 1 unspecified atom stereocenters. The van der Waals surface area contributed by atoms with Crippen LogP contribution in [0.15, 0.2) is 47.4 Å². The molecule has 0 saturated carbocycles. The lowest BCUT2D eigenvalue weighted by Crippen LogP contribution is -2.22. The van der Waals surface area contributed by atoms with E-state index in [4.69, 9.17) is 0 Å². The van der Waals surface area contributed by atoms with Crippen LogP contribution in [0, 0.1) is 21.7 Å². The summed E-state index contributed by atoms with van der Waals surface area (Å²) in [5, 5.41) is 12.4. The van der Waals surface area contributed by atoms with Crippen LogP contribution in [0.1, 0.15) is 6.92 Å². The predicted molar refractivity (Wildman–Crippen MR) is 83.4 cm³/mol. The fourth-order valence-electron chi connectivity index (χ4n) is 1.72. The molecule has 0 aromatic heterocycles. The second-order valence-corrected chi connectivity index (χ2v) is 6.01. The van der Waals surface area contributed by atoms with Crippen LogP contribution in [0.2, 0.25) is 0 Å². The lowest BCUT2D eigenvalue weighted by molar-refractivity contribution is -0.384. The zero-order valence-corrected chi connectivity index (χ0v) is 12.8. The number of nitrogens with zero attached hydrogens (tertiary/aromatic N) is 1. The van der Waals surface area contributed by atoms with Gasteiger partial charge in [-0.3, -0.25) is 14.9 Å². The van der Waals surface area contributed by atoms with Gasteiger partial charge in [0.1, 0.15) is 11.6 Å². The number of nitro benzene ring substituents is 1. The summed E-state index contributed by atoms with van der Waals surface area (Å²) in [4.78, 5) is 22.1. The fraction of sp³-hybridized carbons (Fsp3) is 0.133. The Kier molecular flexibility index (Phi) is 5.28. The predicted octanol–water partition coefficient (Wildman–Crippen LogP) is 3.99. The van der Waals surface area contributed by atoms with Crippen molar-refractivity contribution < 1.29 is 18.5 Å². The Morgan fingerprint density at radius 1 is 1.22 bits per heavy atom. The highest BCUT2D eigenvalue weighted by Gasteiger charge is 2.17. The van der Waals surface area contributed by atoms with Crippen molar-refractivity contribution in [3.63, 3.8) is 0 Å². The second-order valence-electron chi connectivity index (χ2n) is 4.63. The van der Waals surface area contributed by atoms with Crippen molar-refractivity contribution in [2.24, 2.45) is 0 Å². The Bertz CT molecular complexity index is 738. The molecule has 2 aromatic rings. The molecule has 2 rings (SSSR count). The number of nitro groups is 1. The topological polar surface area (TPSA) is 72.2 Å². The summed E-state index contributed by atoms with van der Waals surface area (Å²) >= 11 is 0.884. The maximum atomic E-state index is 13.6. The number of rotatable bonds is 5. The summed E-state index contributed by atoms with van der Waals surface area (Å²) < 4.78 is 26.7. The molecule has 0 aliphatic carbocycles. The van der Waals surface area contributed by atoms with E-state index in [1.54, 1.807) is 6.92 Å². The first kappa shape index (κ1) is 16.9. The minimum Gasteiger partial charge on any atom is -0.325 e. The van der Waals surface area contributed by atoms with E-state index < -0.39 is 27.7 Å². The van der Waals surface area contributed by atoms with E-state index in [1.165, 1.54) is 24.3 Å². The highest BCUT2D eigenvalue weighted by Crippen LogP contribution is 2.27. The summed E-state index contributed by atoms with van der Waals surface area (Å²) in [6.07, 6.45) is 0. The van der Waals surface area contributed by atoms with E-state index in [0.717, 1.165) is 30.0 Å². The SMILES string of the molecule is CC(Sc1cc(F)ccc1F)C(=O)Nc1ccc([N+](=O)[O-])cc1. The van der Waals surface area contributed by atoms with Gasteiger partial charge >= 0.3 is 0 Å². The van der Waals surface area contributed by atoms with Crippen molar-refractivity contribution in [1.82, 2.24) is 0 Å². The molecule has 5 nitrogen and oxygen atoms in total. The number of carbonyl (C=O) groups excluding carboxylic acids is 1. The third-order valence-corrected chi connectivity index (χ3v) is 4.05. The van der Waals surface area contributed by atoms with Gasteiger partial charge in [0, 0.05) is 22.7 Å². The smallest absolute Gasteiger partial charge is 0.269 e. The average molecular weight is 338 g/mol. The van der Waals surface area contributed by atoms with Crippen molar-refractivity contribution in [3.05, 3.63) is 64.2 Å². The molecular formula is C15H12F2N2O3S. The summed E-state index contributed by atoms with van der Waals surface area (Å²) in [7, 11) is 0. The van der Waals surface area contributed by atoms with Gasteiger partial charge in [-0.2, -0.15) is 0 Å². The number of halogens is 2. The third-order valence-electron chi connectivity index (χ3n) is 2.91. The number of hydrogen-bond donors (Lipinski definition) is 1. The summed E-state index contributed by atoms with van der Waals surface area (Å²) in [6, 6.07) is 8.35. The molecule has 1 amide bonds. The van der Waals surface area contributed by atoms with Gasteiger partial charge in [-0.05, 0) is 37.3 Å². The first-order valence-electron chi connectivity index (χ1n) is 6.54. The highest BCUT2D eigenvalue weighted by atomic mass is 32.2. The van der Waals surface area contributed by atoms with Crippen LogP contribution in [-0.4, -0.2) is 16.1 Å². The quantitative estimate of drug-likeness (QED) is 0.508. The second kappa shape index (κ2) is 7.19. The van der Waals surface area contributed by atoms with Gasteiger partial charge in [0.25, 0.3) is 5.69 Å². The molecule has 120 valence electrons. The molecule has 0 aliphatic heterocycles. The van der Waals surface area contributed by atoms with Crippen molar-refractivity contribution in [2.75, 3.05) is 5.32 Å². The third kappa shape index (κ3) is 4.49. The molecule has 0 saturated heterocycles. The van der Waals surface area contributed by atoms with Gasteiger partial charge in [0.2, 0.25) is 5.91 Å². The Labute approximate surface area is 134 Å². The molecule has 2 aromatic carbocycles. The van der Waals surface area contributed by atoms with Gasteiger partial charge in [-0.1, -0.05) is 0 Å². The first-order chi connectivity index (χ1) is 10.9. The Morgan fingerprint density at radius 3 is 2.48 bits per heavy atom. The van der Waals surface area contributed by atoms with Crippen LogP contribution in [0.4, 0.5) is 20.2 Å². The number of non-ortho nitro benzene ring substituents is 1. The van der Waals surface area contributed by atoms with Crippen LogP contribution < -0.4 is 5.32 Å². The van der Waals surface area contributed by atoms with Crippen LogP contribution in [0.3, 0.4) is 0 Å². The van der Waals surface area contributed by atoms with Crippen LogP contribution in [0.25, 0.3) is 0 Å². The maximum absolute atomic E-state index is 13.6. The van der Waals surface area contributed by atoms with E-state index in [0.29, 0.717) is 5.69 Å². The van der Waals surface area contributed by atoms with Crippen LogP contribution in [-0.2, 0) is 4.79 Å².